The quantitative estimate of drug-likeness (QED) is 0.833. The summed E-state index contributed by atoms with van der Waals surface area (Å²) >= 11 is 1.46. The zero-order valence-corrected chi connectivity index (χ0v) is 12.4. The predicted octanol–water partition coefficient (Wildman–Crippen LogP) is 2.64. The monoisotopic (exact) mass is 281 g/mol. The summed E-state index contributed by atoms with van der Waals surface area (Å²) in [5.41, 5.74) is -0.0407. The molecule has 0 aliphatic rings. The minimum absolute atomic E-state index is 0.354. The summed E-state index contributed by atoms with van der Waals surface area (Å²) in [4.78, 5) is 24.3. The third-order valence-corrected chi connectivity index (χ3v) is 3.54. The number of hydrogen-bond donors (Lipinski definition) is 2. The molecule has 1 rings (SSSR count). The van der Waals surface area contributed by atoms with Crippen LogP contribution >= 0.6 is 11.8 Å². The molecule has 4 nitrogen and oxygen atoms in total. The van der Waals surface area contributed by atoms with E-state index in [1.165, 1.54) is 11.8 Å². The first-order valence-electron chi connectivity index (χ1n) is 5.94. The molecule has 0 radical (unpaired) electrons. The maximum absolute atomic E-state index is 12.2. The van der Waals surface area contributed by atoms with Crippen molar-refractivity contribution in [1.29, 1.82) is 0 Å². The summed E-state index contributed by atoms with van der Waals surface area (Å²) < 4.78 is 0. The second-order valence-electron chi connectivity index (χ2n) is 5.31. The first kappa shape index (κ1) is 15.6. The van der Waals surface area contributed by atoms with E-state index in [1.807, 2.05) is 18.4 Å². The average molecular weight is 281 g/mol. The highest BCUT2D eigenvalue weighted by molar-refractivity contribution is 7.98. The second-order valence-corrected chi connectivity index (χ2v) is 6.16. The van der Waals surface area contributed by atoms with Gasteiger partial charge >= 0.3 is 5.97 Å². The van der Waals surface area contributed by atoms with Gasteiger partial charge in [0.05, 0.1) is 5.56 Å². The zero-order chi connectivity index (χ0) is 14.6. The number of hydrogen-bond acceptors (Lipinski definition) is 3. The fourth-order valence-corrected chi connectivity index (χ4v) is 2.29. The number of carbonyl (C=O) groups is 2. The van der Waals surface area contributed by atoms with Crippen LogP contribution in [0.4, 0.5) is 0 Å². The molecule has 1 aromatic carbocycles. The molecule has 19 heavy (non-hydrogen) atoms. The van der Waals surface area contributed by atoms with Gasteiger partial charge in [0.15, 0.2) is 0 Å². The molecule has 1 atom stereocenters. The highest BCUT2D eigenvalue weighted by atomic mass is 32.2. The summed E-state index contributed by atoms with van der Waals surface area (Å²) in [7, 11) is 0. The van der Waals surface area contributed by atoms with Crippen LogP contribution in [0.3, 0.4) is 0 Å². The topological polar surface area (TPSA) is 66.4 Å². The van der Waals surface area contributed by atoms with Gasteiger partial charge in [-0.25, -0.2) is 4.79 Å². The van der Waals surface area contributed by atoms with Crippen molar-refractivity contribution >= 4 is 23.6 Å². The number of nitrogens with one attached hydrogen (secondary N) is 1. The van der Waals surface area contributed by atoms with Crippen LogP contribution in [0.5, 0.6) is 0 Å². The zero-order valence-electron chi connectivity index (χ0n) is 11.6. The highest BCUT2D eigenvalue weighted by Crippen LogP contribution is 2.23. The molecule has 1 unspecified atom stereocenters. The third kappa shape index (κ3) is 3.99. The molecule has 0 saturated heterocycles. The van der Waals surface area contributed by atoms with Gasteiger partial charge in [-0.1, -0.05) is 32.9 Å². The van der Waals surface area contributed by atoms with Gasteiger partial charge in [-0.3, -0.25) is 4.79 Å². The molecule has 2 N–H and O–H groups in total. The van der Waals surface area contributed by atoms with Crippen LogP contribution in [0.25, 0.3) is 0 Å². The van der Waals surface area contributed by atoms with Gasteiger partial charge in [0.1, 0.15) is 6.04 Å². The lowest BCUT2D eigenvalue weighted by Gasteiger charge is -2.28. The Balaban J connectivity index is 2.98. The van der Waals surface area contributed by atoms with Crippen LogP contribution in [0.2, 0.25) is 0 Å². The third-order valence-electron chi connectivity index (χ3n) is 2.74. The number of amides is 1. The largest absolute Gasteiger partial charge is 0.480 e. The Morgan fingerprint density at radius 1 is 1.26 bits per heavy atom. The Bertz CT molecular complexity index is 480. The summed E-state index contributed by atoms with van der Waals surface area (Å²) in [5, 5.41) is 11.8. The first-order valence-corrected chi connectivity index (χ1v) is 7.16. The highest BCUT2D eigenvalue weighted by Gasteiger charge is 2.33. The van der Waals surface area contributed by atoms with Gasteiger partial charge in [0.25, 0.3) is 5.91 Å². The number of thioether (sulfide) groups is 1. The van der Waals surface area contributed by atoms with Crippen LogP contribution in [-0.4, -0.2) is 29.3 Å². The van der Waals surface area contributed by atoms with Gasteiger partial charge < -0.3 is 10.4 Å². The van der Waals surface area contributed by atoms with Crippen LogP contribution in [0.15, 0.2) is 29.2 Å². The molecule has 0 aliphatic heterocycles. The van der Waals surface area contributed by atoms with E-state index in [9.17, 15) is 14.7 Å². The number of benzene rings is 1. The number of carbonyl (C=O) groups excluding carboxylic acids is 1. The molecule has 5 heteroatoms. The van der Waals surface area contributed by atoms with Crippen molar-refractivity contribution in [2.45, 2.75) is 31.7 Å². The van der Waals surface area contributed by atoms with Crippen molar-refractivity contribution in [3.8, 4) is 0 Å². The summed E-state index contributed by atoms with van der Waals surface area (Å²) in [5.74, 6) is -1.38. The molecule has 0 bridgehead atoms. The van der Waals surface area contributed by atoms with Crippen molar-refractivity contribution in [3.05, 3.63) is 29.8 Å². The molecule has 0 saturated carbocycles. The van der Waals surface area contributed by atoms with E-state index in [1.54, 1.807) is 32.9 Å². The van der Waals surface area contributed by atoms with Gasteiger partial charge in [-0.15, -0.1) is 11.8 Å². The smallest absolute Gasteiger partial charge is 0.326 e. The van der Waals surface area contributed by atoms with E-state index in [-0.39, 0.29) is 5.91 Å². The summed E-state index contributed by atoms with van der Waals surface area (Å²) in [6, 6.07) is 6.23. The van der Waals surface area contributed by atoms with Crippen molar-refractivity contribution in [3.63, 3.8) is 0 Å². The predicted molar refractivity (Wildman–Crippen MR) is 76.6 cm³/mol. The summed E-state index contributed by atoms with van der Waals surface area (Å²) in [6.07, 6.45) is 1.88. The molecular formula is C14H19NO3S. The standard InChI is InChI=1S/C14H19NO3S/c1-14(2,3)11(13(17)18)15-12(16)9-7-5-6-8-10(9)19-4/h5-8,11H,1-4H3,(H,15,16)(H,17,18). The first-order chi connectivity index (χ1) is 8.77. The van der Waals surface area contributed by atoms with Crippen molar-refractivity contribution < 1.29 is 14.7 Å². The van der Waals surface area contributed by atoms with Crippen LogP contribution < -0.4 is 5.32 Å². The molecular weight excluding hydrogens is 262 g/mol. The van der Waals surface area contributed by atoms with Crippen LogP contribution in [-0.2, 0) is 4.79 Å². The van der Waals surface area contributed by atoms with Gasteiger partial charge in [-0.2, -0.15) is 0 Å². The lowest BCUT2D eigenvalue weighted by molar-refractivity contribution is -0.142. The van der Waals surface area contributed by atoms with Gasteiger partial charge in [0.2, 0.25) is 0 Å². The fourth-order valence-electron chi connectivity index (χ4n) is 1.69. The second kappa shape index (κ2) is 6.10. The number of carboxylic acids is 1. The Morgan fingerprint density at radius 2 is 1.84 bits per heavy atom. The van der Waals surface area contributed by atoms with Crippen molar-refractivity contribution in [2.75, 3.05) is 6.26 Å². The molecule has 0 heterocycles. The molecule has 0 fully saturated rings. The molecule has 1 aromatic rings. The lowest BCUT2D eigenvalue weighted by Crippen LogP contribution is -2.49. The number of aliphatic carboxylic acids is 1. The number of rotatable bonds is 4. The van der Waals surface area contributed by atoms with Crippen molar-refractivity contribution in [2.24, 2.45) is 5.41 Å². The average Bonchev–Trinajstić information content (AvgIpc) is 2.33. The van der Waals surface area contributed by atoms with E-state index in [2.05, 4.69) is 5.32 Å². The maximum Gasteiger partial charge on any atom is 0.326 e. The Labute approximate surface area is 117 Å². The number of carboxylic acid groups (broad SMARTS) is 1. The Kier molecular flexibility index (Phi) is 5.00. The minimum atomic E-state index is -1.03. The fraction of sp³-hybridized carbons (Fsp3) is 0.429. The van der Waals surface area contributed by atoms with Gasteiger partial charge in [0, 0.05) is 4.90 Å². The van der Waals surface area contributed by atoms with E-state index in [0.29, 0.717) is 5.56 Å². The normalized spacial score (nSPS) is 12.8. The molecule has 0 aliphatic carbocycles. The molecule has 104 valence electrons. The van der Waals surface area contributed by atoms with Crippen LogP contribution in [0.1, 0.15) is 31.1 Å². The molecule has 0 aromatic heterocycles. The van der Waals surface area contributed by atoms with Crippen LogP contribution in [0, 0.1) is 5.41 Å². The van der Waals surface area contributed by atoms with Crippen molar-refractivity contribution in [1.82, 2.24) is 5.32 Å². The van der Waals surface area contributed by atoms with E-state index in [4.69, 9.17) is 0 Å². The van der Waals surface area contributed by atoms with E-state index in [0.717, 1.165) is 4.90 Å². The lowest BCUT2D eigenvalue weighted by atomic mass is 9.86. The Morgan fingerprint density at radius 3 is 2.32 bits per heavy atom. The van der Waals surface area contributed by atoms with E-state index >= 15 is 0 Å². The minimum Gasteiger partial charge on any atom is -0.480 e. The SMILES string of the molecule is CSc1ccccc1C(=O)NC(C(=O)O)C(C)(C)C. The Hall–Kier alpha value is -1.49. The maximum atomic E-state index is 12.2. The molecule has 0 spiro atoms. The van der Waals surface area contributed by atoms with Gasteiger partial charge in [-0.05, 0) is 23.8 Å². The summed E-state index contributed by atoms with van der Waals surface area (Å²) in [6.45, 7) is 5.35. The molecule has 1 amide bonds. The van der Waals surface area contributed by atoms with E-state index < -0.39 is 17.4 Å².